The third-order valence-corrected chi connectivity index (χ3v) is 3.06. The molecule has 1 unspecified atom stereocenters. The molecule has 1 aromatic heterocycles. The maximum atomic E-state index is 7.42. The zero-order chi connectivity index (χ0) is 7.56. The van der Waals surface area contributed by atoms with Crippen LogP contribution < -0.4 is 4.75 Å². The van der Waals surface area contributed by atoms with Gasteiger partial charge in [-0.2, -0.15) is 0 Å². The number of thioether (sulfide) groups is 1. The molecule has 0 fully saturated rings. The van der Waals surface area contributed by atoms with Gasteiger partial charge in [-0.1, -0.05) is 9.24 Å². The fraction of sp³-hybridized carbons (Fsp3) is 0.200. The van der Waals surface area contributed by atoms with Gasteiger partial charge in [0.25, 0.3) is 0 Å². The highest BCUT2D eigenvalue weighted by molar-refractivity contribution is 8.14. The van der Waals surface area contributed by atoms with Gasteiger partial charge in [0, 0.05) is 6.20 Å². The first-order valence-corrected chi connectivity index (χ1v) is 5.20. The highest BCUT2D eigenvalue weighted by Gasteiger charge is 2.01. The van der Waals surface area contributed by atoms with Crippen molar-refractivity contribution >= 4 is 42.1 Å². The molecule has 0 aromatic carbocycles. The maximum Gasteiger partial charge on any atom is 0.109 e. The second kappa shape index (κ2) is 3.46. The predicted molar refractivity (Wildman–Crippen MR) is 51.8 cm³/mol. The smallest absolute Gasteiger partial charge is 0.109 e. The Morgan fingerprint density at radius 3 is 3.00 bits per heavy atom. The van der Waals surface area contributed by atoms with E-state index in [0.717, 1.165) is 9.63 Å². The molecule has 5 heteroatoms. The van der Waals surface area contributed by atoms with E-state index >= 15 is 0 Å². The number of aromatic nitrogens is 1. The van der Waals surface area contributed by atoms with E-state index < -0.39 is 0 Å². The van der Waals surface area contributed by atoms with Gasteiger partial charge in [-0.3, -0.25) is 5.41 Å². The summed E-state index contributed by atoms with van der Waals surface area (Å²) in [6, 6.07) is 0. The fourth-order valence-electron chi connectivity index (χ4n) is 0.493. The van der Waals surface area contributed by atoms with Gasteiger partial charge < -0.3 is 0 Å². The molecule has 0 spiro atoms. The second-order valence-corrected chi connectivity index (χ2v) is 4.44. The van der Waals surface area contributed by atoms with E-state index in [4.69, 9.17) is 5.41 Å². The average Bonchev–Trinajstić information content (AvgIpc) is 2.34. The van der Waals surface area contributed by atoms with E-state index in [0.29, 0.717) is 5.04 Å². The molecule has 0 bridgehead atoms. The summed E-state index contributed by atoms with van der Waals surface area (Å²) < 4.78 is 0.939. The normalized spacial score (nSPS) is 9.80. The Labute approximate surface area is 70.2 Å². The number of thiazole rings is 1. The van der Waals surface area contributed by atoms with E-state index in [-0.39, 0.29) is 0 Å². The molecule has 2 nitrogen and oxygen atoms in total. The zero-order valence-corrected chi connectivity index (χ0v) is 8.21. The van der Waals surface area contributed by atoms with E-state index in [1.165, 1.54) is 23.1 Å². The van der Waals surface area contributed by atoms with Crippen molar-refractivity contribution in [3.63, 3.8) is 0 Å². The zero-order valence-electron chi connectivity index (χ0n) is 5.42. The van der Waals surface area contributed by atoms with Crippen molar-refractivity contribution in [2.24, 2.45) is 0 Å². The minimum Gasteiger partial charge on any atom is -0.293 e. The van der Waals surface area contributed by atoms with Crippen LogP contribution in [0.2, 0.25) is 0 Å². The van der Waals surface area contributed by atoms with Crippen LogP contribution in [0.4, 0.5) is 0 Å². The van der Waals surface area contributed by atoms with Crippen molar-refractivity contribution in [2.75, 3.05) is 6.26 Å². The SMILES string of the molecule is CSC(=N)c1cnc(P)s1. The van der Waals surface area contributed by atoms with Crippen molar-refractivity contribution in [1.82, 2.24) is 4.98 Å². The molecule has 0 radical (unpaired) electrons. The maximum absolute atomic E-state index is 7.42. The van der Waals surface area contributed by atoms with Crippen LogP contribution in [0.1, 0.15) is 4.88 Å². The lowest BCUT2D eigenvalue weighted by molar-refractivity contribution is 1.46. The number of hydrogen-bond donors (Lipinski definition) is 1. The van der Waals surface area contributed by atoms with Crippen molar-refractivity contribution < 1.29 is 0 Å². The van der Waals surface area contributed by atoms with Crippen LogP contribution in [0.15, 0.2) is 6.20 Å². The first-order chi connectivity index (χ1) is 4.74. The summed E-state index contributed by atoms with van der Waals surface area (Å²) >= 11 is 2.96. The third-order valence-electron chi connectivity index (χ3n) is 0.951. The second-order valence-electron chi connectivity index (χ2n) is 1.60. The molecule has 1 atom stereocenters. The monoisotopic (exact) mass is 190 g/mol. The van der Waals surface area contributed by atoms with Gasteiger partial charge in [0.15, 0.2) is 0 Å². The molecule has 54 valence electrons. The van der Waals surface area contributed by atoms with Gasteiger partial charge >= 0.3 is 0 Å². The fourth-order valence-corrected chi connectivity index (χ4v) is 2.11. The van der Waals surface area contributed by atoms with Crippen molar-refractivity contribution in [3.05, 3.63) is 11.1 Å². The van der Waals surface area contributed by atoms with Gasteiger partial charge in [0.2, 0.25) is 0 Å². The quantitative estimate of drug-likeness (QED) is 0.412. The lowest BCUT2D eigenvalue weighted by Crippen LogP contribution is -1.85. The van der Waals surface area contributed by atoms with Gasteiger partial charge in [-0.05, 0) is 6.26 Å². The summed E-state index contributed by atoms with van der Waals surface area (Å²) in [5.41, 5.74) is 0. The number of rotatable bonds is 1. The summed E-state index contributed by atoms with van der Waals surface area (Å²) in [7, 11) is 2.52. The highest BCUT2D eigenvalue weighted by atomic mass is 32.2. The Morgan fingerprint density at radius 2 is 2.60 bits per heavy atom. The first-order valence-electron chi connectivity index (χ1n) is 2.58. The predicted octanol–water partition coefficient (Wildman–Crippen LogP) is 1.33. The van der Waals surface area contributed by atoms with E-state index in [1.54, 1.807) is 6.20 Å². The number of nitrogens with zero attached hydrogens (tertiary/aromatic N) is 1. The molecule has 0 saturated heterocycles. The Bertz CT molecular complexity index is 246. The Morgan fingerprint density at radius 1 is 1.90 bits per heavy atom. The minimum atomic E-state index is 0.589. The van der Waals surface area contributed by atoms with Gasteiger partial charge in [0.1, 0.15) is 9.79 Å². The molecule has 0 aliphatic heterocycles. The van der Waals surface area contributed by atoms with Crippen LogP contribution >= 0.6 is 32.3 Å². The molecule has 1 N–H and O–H groups in total. The molecule has 0 amide bonds. The summed E-state index contributed by atoms with van der Waals surface area (Å²) in [6.45, 7) is 0. The molecule has 0 aliphatic carbocycles. The Balaban J connectivity index is 2.85. The first kappa shape index (κ1) is 8.18. The Hall–Kier alpha value is 0.0800. The molecule has 1 rings (SSSR count). The molecule has 1 aromatic rings. The van der Waals surface area contributed by atoms with Gasteiger partial charge in [-0.15, -0.1) is 23.1 Å². The highest BCUT2D eigenvalue weighted by Crippen LogP contribution is 2.12. The topological polar surface area (TPSA) is 36.7 Å². The summed E-state index contributed by atoms with van der Waals surface area (Å²) in [5, 5.41) is 8.00. The van der Waals surface area contributed by atoms with Crippen LogP contribution in [0.25, 0.3) is 0 Å². The number of hydrogen-bond acceptors (Lipinski definition) is 4. The van der Waals surface area contributed by atoms with Crippen molar-refractivity contribution in [3.8, 4) is 0 Å². The van der Waals surface area contributed by atoms with Crippen LogP contribution in [-0.4, -0.2) is 16.3 Å². The number of nitrogens with one attached hydrogen (secondary N) is 1. The third kappa shape index (κ3) is 1.78. The molecular weight excluding hydrogens is 183 g/mol. The molecule has 0 saturated carbocycles. The van der Waals surface area contributed by atoms with Gasteiger partial charge in [-0.25, -0.2) is 4.98 Å². The van der Waals surface area contributed by atoms with E-state index in [2.05, 4.69) is 14.2 Å². The van der Waals surface area contributed by atoms with Crippen molar-refractivity contribution in [1.29, 1.82) is 5.41 Å². The molecular formula is C5H7N2PS2. The van der Waals surface area contributed by atoms with Crippen molar-refractivity contribution in [2.45, 2.75) is 0 Å². The summed E-state index contributed by atoms with van der Waals surface area (Å²) in [6.07, 6.45) is 3.62. The lowest BCUT2D eigenvalue weighted by atomic mass is 10.6. The Kier molecular flexibility index (Phi) is 2.83. The summed E-state index contributed by atoms with van der Waals surface area (Å²) in [4.78, 5) is 4.96. The van der Waals surface area contributed by atoms with Crippen LogP contribution in [-0.2, 0) is 0 Å². The largest absolute Gasteiger partial charge is 0.293 e. The van der Waals surface area contributed by atoms with E-state index in [9.17, 15) is 0 Å². The van der Waals surface area contributed by atoms with Crippen LogP contribution in [0.5, 0.6) is 0 Å². The average molecular weight is 190 g/mol. The lowest BCUT2D eigenvalue weighted by Gasteiger charge is -1.89. The molecule has 10 heavy (non-hydrogen) atoms. The van der Waals surface area contributed by atoms with Crippen LogP contribution in [0, 0.1) is 5.41 Å². The molecule has 1 heterocycles. The minimum absolute atomic E-state index is 0.589. The van der Waals surface area contributed by atoms with Gasteiger partial charge in [0.05, 0.1) is 4.88 Å². The standard InChI is InChI=1S/C5H7N2PS2/c1-9-4(6)3-2-7-5(8)10-3/h2,6H,8H2,1H3. The van der Waals surface area contributed by atoms with Crippen LogP contribution in [0.3, 0.4) is 0 Å². The molecule has 0 aliphatic rings. The van der Waals surface area contributed by atoms with E-state index in [1.807, 2.05) is 6.26 Å². The summed E-state index contributed by atoms with van der Waals surface area (Å²) in [5.74, 6) is 0.